The van der Waals surface area contributed by atoms with Crippen LogP contribution in [0.1, 0.15) is 29.3 Å². The van der Waals surface area contributed by atoms with E-state index < -0.39 is 26.9 Å². The van der Waals surface area contributed by atoms with E-state index in [4.69, 9.17) is 0 Å². The number of nitrogens with one attached hydrogen (secondary N) is 3. The van der Waals surface area contributed by atoms with E-state index in [0.29, 0.717) is 33.8 Å². The van der Waals surface area contributed by atoms with Crippen LogP contribution in [0.3, 0.4) is 0 Å². The van der Waals surface area contributed by atoms with Crippen molar-refractivity contribution in [3.8, 4) is 0 Å². The molecule has 3 N–H and O–H groups in total. The van der Waals surface area contributed by atoms with E-state index in [2.05, 4.69) is 16.0 Å². The zero-order chi connectivity index (χ0) is 32.3. The molecular weight excluding hydrogens is 598 g/mol. The molecule has 0 aliphatic carbocycles. The highest BCUT2D eigenvalue weighted by molar-refractivity contribution is 8.00. The SMILES string of the molecule is CCC(Sc1cccc(NC(=O)/C(=C\c2ccc([N+](=O)[O-])cc2)NC(=O)c2ccccc2)c1)C(=O)Nc1ccc([N+](=O)[O-])cc1. The summed E-state index contributed by atoms with van der Waals surface area (Å²) in [6.45, 7) is 1.85. The van der Waals surface area contributed by atoms with Gasteiger partial charge in [0.25, 0.3) is 23.2 Å². The van der Waals surface area contributed by atoms with Gasteiger partial charge in [-0.25, -0.2) is 0 Å². The minimum absolute atomic E-state index is 0.0846. The Labute approximate surface area is 261 Å². The Morgan fingerprint density at radius 1 is 0.778 bits per heavy atom. The van der Waals surface area contributed by atoms with Crippen molar-refractivity contribution >= 4 is 58.3 Å². The highest BCUT2D eigenvalue weighted by Crippen LogP contribution is 2.29. The number of non-ortho nitro benzene ring substituents is 2. The molecule has 0 radical (unpaired) electrons. The summed E-state index contributed by atoms with van der Waals surface area (Å²) in [6.07, 6.45) is 1.89. The van der Waals surface area contributed by atoms with E-state index in [9.17, 15) is 34.6 Å². The number of hydrogen-bond donors (Lipinski definition) is 3. The van der Waals surface area contributed by atoms with Crippen molar-refractivity contribution in [1.29, 1.82) is 0 Å². The van der Waals surface area contributed by atoms with Crippen LogP contribution in [-0.4, -0.2) is 32.8 Å². The number of hydrogen-bond acceptors (Lipinski definition) is 8. The van der Waals surface area contributed by atoms with Crippen LogP contribution in [0.15, 0.2) is 114 Å². The van der Waals surface area contributed by atoms with Crippen molar-refractivity contribution in [2.24, 2.45) is 0 Å². The number of carbonyl (C=O) groups excluding carboxylic acids is 3. The van der Waals surface area contributed by atoms with Gasteiger partial charge in [-0.1, -0.05) is 31.2 Å². The number of nitro benzene ring substituents is 2. The molecule has 0 aliphatic rings. The van der Waals surface area contributed by atoms with Crippen LogP contribution in [0, 0.1) is 20.2 Å². The molecule has 0 spiro atoms. The summed E-state index contributed by atoms with van der Waals surface area (Å²) in [5.41, 5.74) is 1.31. The Kier molecular flexibility index (Phi) is 10.8. The lowest BCUT2D eigenvalue weighted by Gasteiger charge is -2.16. The summed E-state index contributed by atoms with van der Waals surface area (Å²) < 4.78 is 0. The maximum absolute atomic E-state index is 13.4. The van der Waals surface area contributed by atoms with E-state index in [1.54, 1.807) is 54.6 Å². The number of carbonyl (C=O) groups is 3. The van der Waals surface area contributed by atoms with Crippen LogP contribution in [-0.2, 0) is 9.59 Å². The lowest BCUT2D eigenvalue weighted by molar-refractivity contribution is -0.385. The molecular formula is C32H27N5O7S. The molecule has 45 heavy (non-hydrogen) atoms. The standard InChI is InChI=1S/C32H27N5O7S/c1-2-29(32(40)33-23-13-17-26(18-14-23)37(43)44)45-27-10-6-9-24(20-27)34-31(39)28(35-30(38)22-7-4-3-5-8-22)19-21-11-15-25(16-12-21)36(41)42/h3-20,29H,2H2,1H3,(H,33,40)(H,34,39)(H,35,38)/b28-19+. The summed E-state index contributed by atoms with van der Waals surface area (Å²) >= 11 is 1.28. The molecule has 0 bridgehead atoms. The number of amides is 3. The minimum atomic E-state index is -0.636. The van der Waals surface area contributed by atoms with Crippen molar-refractivity contribution in [2.75, 3.05) is 10.6 Å². The molecule has 4 rings (SSSR count). The van der Waals surface area contributed by atoms with E-state index >= 15 is 0 Å². The van der Waals surface area contributed by atoms with Gasteiger partial charge in [0.1, 0.15) is 5.70 Å². The third kappa shape index (κ3) is 9.08. The van der Waals surface area contributed by atoms with Crippen LogP contribution in [0.2, 0.25) is 0 Å². The average Bonchev–Trinajstić information content (AvgIpc) is 3.04. The topological polar surface area (TPSA) is 174 Å². The lowest BCUT2D eigenvalue weighted by atomic mass is 10.1. The third-order valence-corrected chi connectivity index (χ3v) is 7.68. The zero-order valence-corrected chi connectivity index (χ0v) is 24.7. The quantitative estimate of drug-likeness (QED) is 0.0699. The Balaban J connectivity index is 1.49. The Hall–Kier alpha value is -5.82. The molecule has 0 aliphatic heterocycles. The summed E-state index contributed by atoms with van der Waals surface area (Å²) in [4.78, 5) is 60.8. The number of thioether (sulfide) groups is 1. The first-order chi connectivity index (χ1) is 21.6. The number of anilines is 2. The van der Waals surface area contributed by atoms with E-state index in [1.807, 2.05) is 6.92 Å². The second-order valence-corrected chi connectivity index (χ2v) is 10.8. The van der Waals surface area contributed by atoms with Crippen LogP contribution >= 0.6 is 11.8 Å². The van der Waals surface area contributed by atoms with Gasteiger partial charge in [-0.2, -0.15) is 0 Å². The van der Waals surface area contributed by atoms with Crippen molar-refractivity contribution in [3.63, 3.8) is 0 Å². The van der Waals surface area contributed by atoms with Gasteiger partial charge in [0, 0.05) is 46.1 Å². The molecule has 0 saturated carbocycles. The molecule has 0 saturated heterocycles. The zero-order valence-electron chi connectivity index (χ0n) is 23.8. The number of nitro groups is 2. The van der Waals surface area contributed by atoms with Gasteiger partial charge in [-0.3, -0.25) is 34.6 Å². The third-order valence-electron chi connectivity index (χ3n) is 6.32. The molecule has 12 nitrogen and oxygen atoms in total. The Morgan fingerprint density at radius 3 is 2.00 bits per heavy atom. The second-order valence-electron chi connectivity index (χ2n) is 9.52. The molecule has 0 heterocycles. The number of nitrogens with zero attached hydrogens (tertiary/aromatic N) is 2. The van der Waals surface area contributed by atoms with Gasteiger partial charge >= 0.3 is 0 Å². The predicted octanol–water partition coefficient (Wildman–Crippen LogP) is 6.42. The molecule has 0 fully saturated rings. The van der Waals surface area contributed by atoms with Gasteiger partial charge in [-0.05, 0) is 72.7 Å². The van der Waals surface area contributed by atoms with Crippen molar-refractivity contribution in [3.05, 3.63) is 140 Å². The monoisotopic (exact) mass is 625 g/mol. The first-order valence-electron chi connectivity index (χ1n) is 13.6. The van der Waals surface area contributed by atoms with Gasteiger partial charge in [0.05, 0.1) is 15.1 Å². The Morgan fingerprint density at radius 2 is 1.40 bits per heavy atom. The first-order valence-corrected chi connectivity index (χ1v) is 14.5. The van der Waals surface area contributed by atoms with Crippen LogP contribution in [0.4, 0.5) is 22.7 Å². The molecule has 4 aromatic carbocycles. The van der Waals surface area contributed by atoms with Crippen molar-refractivity contribution < 1.29 is 24.2 Å². The second kappa shape index (κ2) is 15.1. The normalized spacial score (nSPS) is 11.6. The minimum Gasteiger partial charge on any atom is -0.325 e. The Bertz CT molecular complexity index is 1740. The van der Waals surface area contributed by atoms with Gasteiger partial charge < -0.3 is 16.0 Å². The maximum Gasteiger partial charge on any atom is 0.272 e. The maximum atomic E-state index is 13.4. The molecule has 3 amide bonds. The van der Waals surface area contributed by atoms with Gasteiger partial charge in [-0.15, -0.1) is 11.8 Å². The van der Waals surface area contributed by atoms with Gasteiger partial charge in [0.2, 0.25) is 5.91 Å². The fraction of sp³-hybridized carbons (Fsp3) is 0.0938. The highest BCUT2D eigenvalue weighted by Gasteiger charge is 2.20. The largest absolute Gasteiger partial charge is 0.325 e. The van der Waals surface area contributed by atoms with Gasteiger partial charge in [0.15, 0.2) is 0 Å². The highest BCUT2D eigenvalue weighted by atomic mass is 32.2. The fourth-order valence-electron chi connectivity index (χ4n) is 4.02. The van der Waals surface area contributed by atoms with E-state index in [-0.39, 0.29) is 23.0 Å². The molecule has 228 valence electrons. The van der Waals surface area contributed by atoms with Crippen molar-refractivity contribution in [2.45, 2.75) is 23.5 Å². The van der Waals surface area contributed by atoms with Crippen LogP contribution < -0.4 is 16.0 Å². The lowest BCUT2D eigenvalue weighted by Crippen LogP contribution is -2.30. The smallest absolute Gasteiger partial charge is 0.272 e. The average molecular weight is 626 g/mol. The predicted molar refractivity (Wildman–Crippen MR) is 172 cm³/mol. The number of benzene rings is 4. The van der Waals surface area contributed by atoms with E-state index in [1.165, 1.54) is 66.4 Å². The molecule has 0 aromatic heterocycles. The summed E-state index contributed by atoms with van der Waals surface area (Å²) in [5.74, 6) is -1.45. The van der Waals surface area contributed by atoms with Crippen LogP contribution in [0.5, 0.6) is 0 Å². The molecule has 1 atom stereocenters. The van der Waals surface area contributed by atoms with Crippen LogP contribution in [0.25, 0.3) is 6.08 Å². The van der Waals surface area contributed by atoms with Crippen molar-refractivity contribution in [1.82, 2.24) is 5.32 Å². The summed E-state index contributed by atoms with van der Waals surface area (Å²) in [6, 6.07) is 26.2. The number of rotatable bonds is 12. The van der Waals surface area contributed by atoms with E-state index in [0.717, 1.165) is 0 Å². The molecule has 4 aromatic rings. The molecule has 13 heteroatoms. The molecule has 1 unspecified atom stereocenters. The summed E-state index contributed by atoms with van der Waals surface area (Å²) in [5, 5.41) is 29.6. The summed E-state index contributed by atoms with van der Waals surface area (Å²) in [7, 11) is 0. The first kappa shape index (κ1) is 32.1. The fourth-order valence-corrected chi connectivity index (χ4v) is 5.04.